The molecule has 2 aromatic carbocycles. The van der Waals surface area contributed by atoms with Gasteiger partial charge in [-0.05, 0) is 30.3 Å². The molecular weight excluding hydrogens is 446 g/mol. The minimum atomic E-state index is -3.75. The van der Waals surface area contributed by atoms with E-state index in [1.165, 1.54) is 21.3 Å². The predicted molar refractivity (Wildman–Crippen MR) is 120 cm³/mol. The van der Waals surface area contributed by atoms with E-state index in [0.717, 1.165) is 5.69 Å². The predicted octanol–water partition coefficient (Wildman–Crippen LogP) is 1.81. The number of hydrogen-bond donors (Lipinski definition) is 0. The Labute approximate surface area is 191 Å². The molecule has 1 saturated heterocycles. The first-order chi connectivity index (χ1) is 15.9. The number of anilines is 2. The van der Waals surface area contributed by atoms with Crippen molar-refractivity contribution in [3.05, 3.63) is 60.2 Å². The second kappa shape index (κ2) is 8.49. The number of para-hydroxylation sites is 1. The summed E-state index contributed by atoms with van der Waals surface area (Å²) in [4.78, 5) is 20.4. The molecule has 0 aliphatic carbocycles. The lowest BCUT2D eigenvalue weighted by Gasteiger charge is -2.35. The van der Waals surface area contributed by atoms with Crippen molar-refractivity contribution in [2.24, 2.45) is 0 Å². The summed E-state index contributed by atoms with van der Waals surface area (Å²) in [6.07, 6.45) is 0. The molecule has 0 N–H and O–H groups in total. The Morgan fingerprint density at radius 1 is 1.03 bits per heavy atom. The van der Waals surface area contributed by atoms with Crippen LogP contribution in [0.3, 0.4) is 0 Å². The highest BCUT2D eigenvalue weighted by Gasteiger charge is 2.32. The maximum absolute atomic E-state index is 13.4. The summed E-state index contributed by atoms with van der Waals surface area (Å²) in [5.41, 5.74) is 1.45. The summed E-state index contributed by atoms with van der Waals surface area (Å²) in [5.74, 6) is 0.842. The third kappa shape index (κ3) is 4.16. The first-order valence-electron chi connectivity index (χ1n) is 10.6. The molecule has 5 rings (SSSR count). The van der Waals surface area contributed by atoms with Crippen LogP contribution in [-0.4, -0.2) is 61.6 Å². The number of benzene rings is 2. The average molecular weight is 470 g/mol. The second-order valence-corrected chi connectivity index (χ2v) is 9.79. The van der Waals surface area contributed by atoms with E-state index < -0.39 is 10.0 Å². The number of ether oxygens (including phenoxy) is 1. The van der Waals surface area contributed by atoms with Gasteiger partial charge in [0.1, 0.15) is 5.75 Å². The Balaban J connectivity index is 1.38. The topological polar surface area (TPSA) is 109 Å². The number of carbonyl (C=O) groups is 1. The fourth-order valence-corrected chi connectivity index (χ4v) is 5.48. The maximum atomic E-state index is 13.4. The molecule has 172 valence electrons. The zero-order valence-corrected chi connectivity index (χ0v) is 18.9. The van der Waals surface area contributed by atoms with Crippen LogP contribution in [0.2, 0.25) is 0 Å². The number of carbonyl (C=O) groups excluding carboxylic acids is 1. The van der Waals surface area contributed by atoms with Gasteiger partial charge >= 0.3 is 0 Å². The molecule has 0 spiro atoms. The molecule has 2 aliphatic heterocycles. The van der Waals surface area contributed by atoms with E-state index >= 15 is 0 Å². The zero-order chi connectivity index (χ0) is 23.0. The van der Waals surface area contributed by atoms with Gasteiger partial charge in [0.2, 0.25) is 15.9 Å². The average Bonchev–Trinajstić information content (AvgIpc) is 3.26. The van der Waals surface area contributed by atoms with Crippen LogP contribution >= 0.6 is 0 Å². The number of aryl methyl sites for hydroxylation is 1. The van der Waals surface area contributed by atoms with E-state index in [-0.39, 0.29) is 24.0 Å². The third-order valence-corrected chi connectivity index (χ3v) is 7.63. The molecule has 3 heterocycles. The van der Waals surface area contributed by atoms with Crippen LogP contribution in [0, 0.1) is 6.92 Å². The van der Waals surface area contributed by atoms with Crippen LogP contribution in [0.25, 0.3) is 0 Å². The van der Waals surface area contributed by atoms with Gasteiger partial charge in [0.25, 0.3) is 5.91 Å². The quantitative estimate of drug-likeness (QED) is 0.557. The largest absolute Gasteiger partial charge is 0.482 e. The van der Waals surface area contributed by atoms with Gasteiger partial charge in [-0.2, -0.15) is 9.29 Å². The van der Waals surface area contributed by atoms with Crippen LogP contribution < -0.4 is 14.5 Å². The number of hydrogen-bond acceptors (Lipinski definition) is 8. The molecule has 0 bridgehead atoms. The van der Waals surface area contributed by atoms with Gasteiger partial charge < -0.3 is 14.2 Å². The molecule has 1 aromatic heterocycles. The number of rotatable bonds is 5. The molecular formula is C22H23N5O5S. The summed E-state index contributed by atoms with van der Waals surface area (Å²) in [7, 11) is -3.75. The van der Waals surface area contributed by atoms with Crippen molar-refractivity contribution in [1.82, 2.24) is 14.4 Å². The van der Waals surface area contributed by atoms with Crippen molar-refractivity contribution in [2.75, 3.05) is 42.6 Å². The van der Waals surface area contributed by atoms with E-state index in [9.17, 15) is 13.2 Å². The van der Waals surface area contributed by atoms with Crippen molar-refractivity contribution in [1.29, 1.82) is 0 Å². The first kappa shape index (κ1) is 21.4. The summed E-state index contributed by atoms with van der Waals surface area (Å²) >= 11 is 0. The molecule has 0 atom stereocenters. The van der Waals surface area contributed by atoms with Gasteiger partial charge in [-0.1, -0.05) is 23.4 Å². The molecule has 0 radical (unpaired) electrons. The minimum absolute atomic E-state index is 0.0613. The standard InChI is InChI=1S/C22H23N5O5S/c1-16-23-21(24-32-16)14-27-19-13-18(7-8-20(19)31-15-22(27)28)33(29,30)26-11-9-25(10-12-26)17-5-3-2-4-6-17/h2-8,13H,9-12,14-15H2,1H3. The SMILES string of the molecule is Cc1nc(CN2C(=O)COc3ccc(S(=O)(=O)N4CCN(c5ccccc5)CC4)cc32)no1. The summed E-state index contributed by atoms with van der Waals surface area (Å²) in [5, 5.41) is 3.84. The third-order valence-electron chi connectivity index (χ3n) is 5.74. The Morgan fingerprint density at radius 2 is 1.79 bits per heavy atom. The van der Waals surface area contributed by atoms with Gasteiger partial charge in [0, 0.05) is 38.8 Å². The molecule has 1 fully saturated rings. The Morgan fingerprint density at radius 3 is 2.48 bits per heavy atom. The highest BCUT2D eigenvalue weighted by Crippen LogP contribution is 2.36. The smallest absolute Gasteiger partial charge is 0.265 e. The number of fused-ring (bicyclic) bond motifs is 1. The molecule has 0 saturated carbocycles. The summed E-state index contributed by atoms with van der Waals surface area (Å²) in [6, 6.07) is 14.5. The maximum Gasteiger partial charge on any atom is 0.265 e. The monoisotopic (exact) mass is 469 g/mol. The van der Waals surface area contributed by atoms with Gasteiger partial charge in [-0.25, -0.2) is 8.42 Å². The lowest BCUT2D eigenvalue weighted by atomic mass is 10.2. The number of sulfonamides is 1. The van der Waals surface area contributed by atoms with Crippen molar-refractivity contribution < 1.29 is 22.5 Å². The summed E-state index contributed by atoms with van der Waals surface area (Å²) < 4.78 is 38.8. The Hall–Kier alpha value is -3.44. The van der Waals surface area contributed by atoms with Crippen molar-refractivity contribution in [2.45, 2.75) is 18.4 Å². The zero-order valence-electron chi connectivity index (χ0n) is 18.0. The molecule has 0 unspecified atom stereocenters. The fourth-order valence-electron chi connectivity index (χ4n) is 4.04. The summed E-state index contributed by atoms with van der Waals surface area (Å²) in [6.45, 7) is 3.51. The van der Waals surface area contributed by atoms with Crippen LogP contribution in [0.5, 0.6) is 5.75 Å². The van der Waals surface area contributed by atoms with E-state index in [4.69, 9.17) is 9.26 Å². The van der Waals surface area contributed by atoms with E-state index in [1.54, 1.807) is 13.0 Å². The van der Waals surface area contributed by atoms with Crippen molar-refractivity contribution in [3.63, 3.8) is 0 Å². The lowest BCUT2D eigenvalue weighted by molar-refractivity contribution is -0.121. The van der Waals surface area contributed by atoms with Crippen LogP contribution in [0.4, 0.5) is 11.4 Å². The number of amides is 1. The van der Waals surface area contributed by atoms with Crippen LogP contribution in [-0.2, 0) is 21.4 Å². The van der Waals surface area contributed by atoms with Gasteiger partial charge in [-0.3, -0.25) is 9.69 Å². The highest BCUT2D eigenvalue weighted by molar-refractivity contribution is 7.89. The minimum Gasteiger partial charge on any atom is -0.482 e. The van der Waals surface area contributed by atoms with Gasteiger partial charge in [0.05, 0.1) is 17.1 Å². The Bertz CT molecular complexity index is 1270. The van der Waals surface area contributed by atoms with Crippen LogP contribution in [0.1, 0.15) is 11.7 Å². The fraction of sp³-hybridized carbons (Fsp3) is 0.318. The van der Waals surface area contributed by atoms with Crippen LogP contribution in [0.15, 0.2) is 57.9 Å². The Kier molecular flexibility index (Phi) is 5.51. The van der Waals surface area contributed by atoms with Crippen molar-refractivity contribution in [3.8, 4) is 5.75 Å². The molecule has 1 amide bonds. The lowest BCUT2D eigenvalue weighted by Crippen LogP contribution is -2.48. The molecule has 11 heteroatoms. The first-order valence-corrected chi connectivity index (χ1v) is 12.0. The van der Waals surface area contributed by atoms with E-state index in [1.807, 2.05) is 30.3 Å². The number of piperazine rings is 1. The molecule has 10 nitrogen and oxygen atoms in total. The molecule has 3 aromatic rings. The number of nitrogens with zero attached hydrogens (tertiary/aromatic N) is 5. The highest BCUT2D eigenvalue weighted by atomic mass is 32.2. The van der Waals surface area contributed by atoms with Crippen molar-refractivity contribution >= 4 is 27.3 Å². The van der Waals surface area contributed by atoms with E-state index in [0.29, 0.717) is 49.3 Å². The van der Waals surface area contributed by atoms with Gasteiger partial charge in [-0.15, -0.1) is 0 Å². The molecule has 33 heavy (non-hydrogen) atoms. The second-order valence-electron chi connectivity index (χ2n) is 7.85. The molecule has 2 aliphatic rings. The van der Waals surface area contributed by atoms with Gasteiger partial charge in [0.15, 0.2) is 12.4 Å². The van der Waals surface area contributed by atoms with E-state index in [2.05, 4.69) is 15.0 Å². The normalized spacial score (nSPS) is 17.1. The number of aromatic nitrogens is 2.